The molecule has 0 aliphatic carbocycles. The molecule has 10 heteroatoms. The van der Waals surface area contributed by atoms with E-state index in [1.807, 2.05) is 0 Å². The monoisotopic (exact) mass is 427 g/mol. The predicted octanol–water partition coefficient (Wildman–Crippen LogP) is 2.18. The molecule has 0 aliphatic rings. The van der Waals surface area contributed by atoms with Crippen LogP contribution in [-0.4, -0.2) is 63.0 Å². The molecule has 0 atom stereocenters. The number of rotatable bonds is 8. The Balaban J connectivity index is 1.63. The Morgan fingerprint density at radius 1 is 1.06 bits per heavy atom. The van der Waals surface area contributed by atoms with Gasteiger partial charge in [0.1, 0.15) is 5.69 Å². The van der Waals surface area contributed by atoms with Gasteiger partial charge in [-0.15, -0.1) is 4.73 Å². The van der Waals surface area contributed by atoms with Gasteiger partial charge in [-0.3, -0.25) is 10.1 Å². The number of hydrogen-bond donors (Lipinski definition) is 4. The Bertz CT molecular complexity index is 1060. The van der Waals surface area contributed by atoms with Crippen molar-refractivity contribution in [3.8, 4) is 11.8 Å². The number of nitrogens with zero attached hydrogens (tertiary/aromatic N) is 3. The minimum Gasteiger partial charge on any atom is -0.492 e. The van der Waals surface area contributed by atoms with Gasteiger partial charge in [-0.2, -0.15) is 0 Å². The third-order valence-corrected chi connectivity index (χ3v) is 4.75. The first-order valence-corrected chi connectivity index (χ1v) is 9.91. The highest BCUT2D eigenvalue weighted by molar-refractivity contribution is 5.96. The predicted molar refractivity (Wildman–Crippen MR) is 115 cm³/mol. The van der Waals surface area contributed by atoms with Crippen molar-refractivity contribution < 1.29 is 24.6 Å². The van der Waals surface area contributed by atoms with E-state index in [4.69, 9.17) is 4.84 Å². The van der Waals surface area contributed by atoms with Gasteiger partial charge >= 0.3 is 6.09 Å². The van der Waals surface area contributed by atoms with Gasteiger partial charge in [-0.1, -0.05) is 19.9 Å². The number of carbonyl (C=O) groups excluding carboxylic acids is 2. The number of nitrogens with one attached hydrogen (secondary N) is 2. The molecule has 164 valence electrons. The molecule has 0 spiro atoms. The van der Waals surface area contributed by atoms with Crippen molar-refractivity contribution in [3.63, 3.8) is 0 Å². The van der Waals surface area contributed by atoms with E-state index in [-0.39, 0.29) is 5.91 Å². The molecule has 3 aromatic rings. The van der Waals surface area contributed by atoms with E-state index in [1.54, 1.807) is 30.3 Å². The fraction of sp³-hybridized carbons (Fsp3) is 0.286. The van der Waals surface area contributed by atoms with E-state index < -0.39 is 17.9 Å². The van der Waals surface area contributed by atoms with Crippen LogP contribution in [0.1, 0.15) is 24.3 Å². The molecule has 0 unspecified atom stereocenters. The summed E-state index contributed by atoms with van der Waals surface area (Å²) in [7, 11) is 0. The molecular formula is C21H25N5O5. The number of anilines is 1. The molecule has 2 amide bonds. The first-order chi connectivity index (χ1) is 14.9. The van der Waals surface area contributed by atoms with E-state index in [2.05, 4.69) is 34.4 Å². The lowest BCUT2D eigenvalue weighted by Crippen LogP contribution is -2.35. The van der Waals surface area contributed by atoms with E-state index in [1.165, 1.54) is 12.1 Å². The summed E-state index contributed by atoms with van der Waals surface area (Å²) in [6.45, 7) is 7.32. The van der Waals surface area contributed by atoms with E-state index in [0.29, 0.717) is 33.6 Å². The average molecular weight is 427 g/mol. The summed E-state index contributed by atoms with van der Waals surface area (Å²) in [5.74, 6) is -1.08. The second-order valence-electron chi connectivity index (χ2n) is 6.73. The van der Waals surface area contributed by atoms with Crippen molar-refractivity contribution in [3.05, 3.63) is 48.2 Å². The number of aromatic nitrogens is 2. The fourth-order valence-corrected chi connectivity index (χ4v) is 3.01. The van der Waals surface area contributed by atoms with Gasteiger partial charge in [-0.25, -0.2) is 9.78 Å². The molecule has 0 fully saturated rings. The van der Waals surface area contributed by atoms with Crippen LogP contribution < -0.4 is 15.5 Å². The second kappa shape index (κ2) is 9.81. The summed E-state index contributed by atoms with van der Waals surface area (Å²) >= 11 is 0. The van der Waals surface area contributed by atoms with Crippen LogP contribution in [0, 0.1) is 0 Å². The highest BCUT2D eigenvalue weighted by atomic mass is 16.7. The maximum atomic E-state index is 12.4. The van der Waals surface area contributed by atoms with Gasteiger partial charge in [0.05, 0.1) is 5.52 Å². The number of fused-ring (bicyclic) bond motifs is 1. The Kier molecular flexibility index (Phi) is 6.93. The number of hydrogen-bond acceptors (Lipinski definition) is 7. The van der Waals surface area contributed by atoms with Crippen molar-refractivity contribution in [1.82, 2.24) is 19.9 Å². The number of pyridine rings is 1. The maximum absolute atomic E-state index is 12.4. The lowest BCUT2D eigenvalue weighted by atomic mass is 10.1. The molecule has 0 aliphatic heterocycles. The normalized spacial score (nSPS) is 10.9. The molecule has 4 N–H and O–H groups in total. The number of amides is 2. The molecule has 0 saturated carbocycles. The zero-order chi connectivity index (χ0) is 22.4. The highest BCUT2D eigenvalue weighted by Crippen LogP contribution is 2.20. The first-order valence-electron chi connectivity index (χ1n) is 9.91. The van der Waals surface area contributed by atoms with Crippen LogP contribution in [0.3, 0.4) is 0 Å². The summed E-state index contributed by atoms with van der Waals surface area (Å²) in [6, 6.07) is 10.7. The Hall–Kier alpha value is -3.79. The topological polar surface area (TPSA) is 129 Å². The van der Waals surface area contributed by atoms with Crippen LogP contribution in [0.2, 0.25) is 0 Å². The molecule has 1 aromatic carbocycles. The molecule has 10 nitrogen and oxygen atoms in total. The SMILES string of the molecule is CCN(CC)CCNC(=O)c1ccc2cc(NC(=O)On3c(O)ccc3O)ccc2n1. The number of aromatic hydroxyl groups is 2. The van der Waals surface area contributed by atoms with Crippen LogP contribution in [0.25, 0.3) is 10.9 Å². The first kappa shape index (κ1) is 21.9. The quantitative estimate of drug-likeness (QED) is 0.434. The van der Waals surface area contributed by atoms with E-state index in [9.17, 15) is 19.8 Å². The zero-order valence-electron chi connectivity index (χ0n) is 17.3. The third kappa shape index (κ3) is 5.43. The third-order valence-electron chi connectivity index (χ3n) is 4.75. The van der Waals surface area contributed by atoms with Gasteiger partial charge in [-0.05, 0) is 37.4 Å². The molecule has 0 bridgehead atoms. The van der Waals surface area contributed by atoms with Crippen LogP contribution in [0.15, 0.2) is 42.5 Å². The van der Waals surface area contributed by atoms with E-state index in [0.717, 1.165) is 19.6 Å². The number of carbonyl (C=O) groups is 2. The molecule has 3 rings (SSSR count). The van der Waals surface area contributed by atoms with Crippen LogP contribution in [0.5, 0.6) is 11.8 Å². The second-order valence-corrected chi connectivity index (χ2v) is 6.73. The van der Waals surface area contributed by atoms with Gasteiger partial charge in [0, 0.05) is 36.3 Å². The highest BCUT2D eigenvalue weighted by Gasteiger charge is 2.13. The number of benzene rings is 1. The largest absolute Gasteiger partial charge is 0.492 e. The van der Waals surface area contributed by atoms with Gasteiger partial charge < -0.3 is 25.3 Å². The lowest BCUT2D eigenvalue weighted by molar-refractivity contribution is 0.0944. The Morgan fingerprint density at radius 3 is 2.45 bits per heavy atom. The van der Waals surface area contributed by atoms with Gasteiger partial charge in [0.25, 0.3) is 5.91 Å². The van der Waals surface area contributed by atoms with Gasteiger partial charge in [0.15, 0.2) is 0 Å². The van der Waals surface area contributed by atoms with Crippen molar-refractivity contribution >= 4 is 28.6 Å². The summed E-state index contributed by atoms with van der Waals surface area (Å²) in [5, 5.41) is 25.1. The van der Waals surface area contributed by atoms with Crippen LogP contribution in [0.4, 0.5) is 10.5 Å². The Morgan fingerprint density at radius 2 is 1.77 bits per heavy atom. The molecule has 2 heterocycles. The van der Waals surface area contributed by atoms with Crippen molar-refractivity contribution in [1.29, 1.82) is 0 Å². The smallest absolute Gasteiger partial charge is 0.436 e. The molecule has 2 aromatic heterocycles. The van der Waals surface area contributed by atoms with Crippen molar-refractivity contribution in [2.24, 2.45) is 0 Å². The summed E-state index contributed by atoms with van der Waals surface area (Å²) in [5.41, 5.74) is 1.32. The number of likely N-dealkylation sites (N-methyl/N-ethyl adjacent to an activating group) is 1. The van der Waals surface area contributed by atoms with Crippen molar-refractivity contribution in [2.75, 3.05) is 31.5 Å². The minimum atomic E-state index is -0.904. The molecule has 0 radical (unpaired) electrons. The van der Waals surface area contributed by atoms with Gasteiger partial charge in [0.2, 0.25) is 11.8 Å². The summed E-state index contributed by atoms with van der Waals surface area (Å²) in [6.07, 6.45) is -0.904. The Labute approximate surface area is 179 Å². The zero-order valence-corrected chi connectivity index (χ0v) is 17.3. The fourth-order valence-electron chi connectivity index (χ4n) is 3.01. The minimum absolute atomic E-state index is 0.244. The van der Waals surface area contributed by atoms with Crippen LogP contribution in [-0.2, 0) is 0 Å². The molecule has 31 heavy (non-hydrogen) atoms. The maximum Gasteiger partial charge on any atom is 0.436 e. The van der Waals surface area contributed by atoms with Crippen LogP contribution >= 0.6 is 0 Å². The molecule has 0 saturated heterocycles. The van der Waals surface area contributed by atoms with Crippen molar-refractivity contribution in [2.45, 2.75) is 13.8 Å². The summed E-state index contributed by atoms with van der Waals surface area (Å²) in [4.78, 5) is 35.8. The average Bonchev–Trinajstić information content (AvgIpc) is 3.08. The molecular weight excluding hydrogens is 402 g/mol. The standard InChI is InChI=1S/C21H25N5O5/c1-3-25(4-2)12-11-22-20(29)17-7-5-14-13-15(6-8-16(14)24-17)23-21(30)31-26-18(27)9-10-19(26)28/h5-10,13,27-28H,3-4,11-12H2,1-2H3,(H,22,29)(H,23,30). The van der Waals surface area contributed by atoms with E-state index >= 15 is 0 Å². The lowest BCUT2D eigenvalue weighted by Gasteiger charge is -2.17. The summed E-state index contributed by atoms with van der Waals surface area (Å²) < 4.78 is 0.586.